The van der Waals surface area contributed by atoms with Crippen LogP contribution in [0.5, 0.6) is 0 Å². The van der Waals surface area contributed by atoms with Gasteiger partial charge in [0.2, 0.25) is 5.91 Å². The van der Waals surface area contributed by atoms with E-state index >= 15 is 0 Å². The number of para-hydroxylation sites is 1. The van der Waals surface area contributed by atoms with Crippen LogP contribution in [0.15, 0.2) is 42.6 Å². The highest BCUT2D eigenvalue weighted by molar-refractivity contribution is 5.79. The van der Waals surface area contributed by atoms with Crippen LogP contribution in [0, 0.1) is 13.8 Å². The van der Waals surface area contributed by atoms with E-state index in [0.29, 0.717) is 17.9 Å². The van der Waals surface area contributed by atoms with Gasteiger partial charge in [-0.15, -0.1) is 0 Å². The van der Waals surface area contributed by atoms with Crippen molar-refractivity contribution in [2.75, 3.05) is 25.0 Å². The molecule has 1 fully saturated rings. The number of halogens is 3. The number of hydrogen-bond donors (Lipinski definition) is 0. The molecule has 3 aromatic rings. The van der Waals surface area contributed by atoms with Gasteiger partial charge in [0.05, 0.1) is 17.7 Å². The Balaban J connectivity index is 1.49. The van der Waals surface area contributed by atoms with E-state index in [9.17, 15) is 18.0 Å². The Morgan fingerprint density at radius 3 is 2.44 bits per heavy atom. The molecule has 6 nitrogen and oxygen atoms in total. The molecule has 34 heavy (non-hydrogen) atoms. The van der Waals surface area contributed by atoms with Crippen molar-refractivity contribution >= 4 is 11.6 Å². The third kappa shape index (κ3) is 4.93. The first-order chi connectivity index (χ1) is 16.1. The SMILES string of the molecule is Cc1nn(-c2ccc(C(F)(F)F)cn2)c(C)c1CC(=O)N(C)Cc1ccccc1N1CCCC1. The number of benzene rings is 1. The van der Waals surface area contributed by atoms with Crippen LogP contribution in [-0.4, -0.2) is 45.7 Å². The minimum Gasteiger partial charge on any atom is -0.371 e. The van der Waals surface area contributed by atoms with Crippen molar-refractivity contribution in [2.45, 2.75) is 45.8 Å². The molecule has 3 heterocycles. The molecule has 0 saturated carbocycles. The third-order valence-electron chi connectivity index (χ3n) is 6.33. The van der Waals surface area contributed by atoms with E-state index in [0.717, 1.165) is 36.5 Å². The maximum absolute atomic E-state index is 13.1. The number of likely N-dealkylation sites (N-methyl/N-ethyl adjacent to an activating group) is 1. The summed E-state index contributed by atoms with van der Waals surface area (Å²) in [5.74, 6) is 0.225. The number of carbonyl (C=O) groups is 1. The fraction of sp³-hybridized carbons (Fsp3) is 0.400. The van der Waals surface area contributed by atoms with Crippen LogP contribution < -0.4 is 4.90 Å². The summed E-state index contributed by atoms with van der Waals surface area (Å²) in [7, 11) is 1.79. The molecule has 9 heteroatoms. The third-order valence-corrected chi connectivity index (χ3v) is 6.33. The first-order valence-electron chi connectivity index (χ1n) is 11.3. The van der Waals surface area contributed by atoms with Crippen LogP contribution in [0.2, 0.25) is 0 Å². The molecule has 1 aliphatic heterocycles. The summed E-state index contributed by atoms with van der Waals surface area (Å²) in [6, 6.07) is 10.4. The molecule has 0 aliphatic carbocycles. The molecule has 1 aromatic carbocycles. The molecule has 0 unspecified atom stereocenters. The van der Waals surface area contributed by atoms with Gasteiger partial charge in [0.1, 0.15) is 0 Å². The summed E-state index contributed by atoms with van der Waals surface area (Å²) >= 11 is 0. The molecule has 4 rings (SSSR count). The summed E-state index contributed by atoms with van der Waals surface area (Å²) in [6.45, 7) is 6.15. The Hall–Kier alpha value is -3.36. The van der Waals surface area contributed by atoms with E-state index in [1.54, 1.807) is 25.8 Å². The van der Waals surface area contributed by atoms with Gasteiger partial charge in [0.25, 0.3) is 0 Å². The van der Waals surface area contributed by atoms with E-state index in [4.69, 9.17) is 0 Å². The number of amides is 1. The highest BCUT2D eigenvalue weighted by Crippen LogP contribution is 2.29. The Bertz CT molecular complexity index is 1160. The predicted octanol–water partition coefficient (Wildman–Crippen LogP) is 4.70. The van der Waals surface area contributed by atoms with Crippen LogP contribution in [0.3, 0.4) is 0 Å². The summed E-state index contributed by atoms with van der Waals surface area (Å²) in [6.07, 6.45) is -1.14. The van der Waals surface area contributed by atoms with E-state index in [2.05, 4.69) is 27.1 Å². The van der Waals surface area contributed by atoms with Crippen LogP contribution in [0.4, 0.5) is 18.9 Å². The maximum Gasteiger partial charge on any atom is 0.417 e. The summed E-state index contributed by atoms with van der Waals surface area (Å²) in [5, 5.41) is 4.43. The van der Waals surface area contributed by atoms with Gasteiger partial charge >= 0.3 is 6.18 Å². The lowest BCUT2D eigenvalue weighted by Gasteiger charge is -2.24. The van der Waals surface area contributed by atoms with E-state index in [-0.39, 0.29) is 18.1 Å². The number of anilines is 1. The number of nitrogens with zero attached hydrogens (tertiary/aromatic N) is 5. The highest BCUT2D eigenvalue weighted by Gasteiger charge is 2.31. The fourth-order valence-electron chi connectivity index (χ4n) is 4.37. The molecule has 0 N–H and O–H groups in total. The first kappa shape index (κ1) is 23.8. The maximum atomic E-state index is 13.1. The minimum absolute atomic E-state index is 0.0534. The topological polar surface area (TPSA) is 54.3 Å². The zero-order chi connectivity index (χ0) is 24.5. The lowest BCUT2D eigenvalue weighted by Crippen LogP contribution is -2.29. The summed E-state index contributed by atoms with van der Waals surface area (Å²) in [5.41, 5.74) is 3.56. The van der Waals surface area contributed by atoms with Crippen LogP contribution >= 0.6 is 0 Å². The van der Waals surface area contributed by atoms with Gasteiger partial charge in [0, 0.05) is 49.8 Å². The fourth-order valence-corrected chi connectivity index (χ4v) is 4.37. The Morgan fingerprint density at radius 2 is 1.79 bits per heavy atom. The van der Waals surface area contributed by atoms with Gasteiger partial charge in [-0.25, -0.2) is 9.67 Å². The first-order valence-corrected chi connectivity index (χ1v) is 11.3. The second kappa shape index (κ2) is 9.48. The van der Waals surface area contributed by atoms with Crippen LogP contribution in [0.25, 0.3) is 5.82 Å². The Morgan fingerprint density at radius 1 is 1.09 bits per heavy atom. The molecule has 0 atom stereocenters. The quantitative estimate of drug-likeness (QED) is 0.523. The lowest BCUT2D eigenvalue weighted by molar-refractivity contribution is -0.137. The number of carbonyl (C=O) groups excluding carboxylic acids is 1. The monoisotopic (exact) mass is 471 g/mol. The lowest BCUT2D eigenvalue weighted by atomic mass is 10.1. The van der Waals surface area contributed by atoms with Crippen LogP contribution in [0.1, 0.15) is 40.9 Å². The van der Waals surface area contributed by atoms with Gasteiger partial charge in [-0.05, 0) is 50.5 Å². The molecule has 0 spiro atoms. The minimum atomic E-state index is -4.45. The molecule has 2 aromatic heterocycles. The van der Waals surface area contributed by atoms with Crippen molar-refractivity contribution in [3.63, 3.8) is 0 Å². The van der Waals surface area contributed by atoms with Crippen molar-refractivity contribution in [1.29, 1.82) is 0 Å². The van der Waals surface area contributed by atoms with Crippen molar-refractivity contribution in [1.82, 2.24) is 19.7 Å². The number of rotatable bonds is 6. The molecular formula is C25H28F3N5O. The molecular weight excluding hydrogens is 443 g/mol. The standard InChI is InChI=1S/C25H28F3N5O/c1-17-21(18(2)33(30-17)23-11-10-20(15-29-23)25(26,27)28)14-24(34)31(3)16-19-8-4-5-9-22(19)32-12-6-7-13-32/h4-5,8-11,15H,6-7,12-14,16H2,1-3H3. The molecule has 1 amide bonds. The van der Waals surface area contributed by atoms with E-state index in [1.165, 1.54) is 29.3 Å². The predicted molar refractivity (Wildman–Crippen MR) is 124 cm³/mol. The second-order valence-electron chi connectivity index (χ2n) is 8.71. The Labute approximate surface area is 197 Å². The number of pyridine rings is 1. The molecule has 0 bridgehead atoms. The van der Waals surface area contributed by atoms with Crippen molar-refractivity contribution < 1.29 is 18.0 Å². The van der Waals surface area contributed by atoms with Gasteiger partial charge < -0.3 is 9.80 Å². The van der Waals surface area contributed by atoms with Gasteiger partial charge in [-0.3, -0.25) is 4.79 Å². The average Bonchev–Trinajstić information content (AvgIpc) is 3.43. The normalized spacial score (nSPS) is 14.0. The van der Waals surface area contributed by atoms with E-state index in [1.807, 2.05) is 12.1 Å². The highest BCUT2D eigenvalue weighted by atomic mass is 19.4. The van der Waals surface area contributed by atoms with Gasteiger partial charge in [-0.1, -0.05) is 18.2 Å². The molecule has 180 valence electrons. The summed E-state index contributed by atoms with van der Waals surface area (Å²) in [4.78, 5) is 21.1. The summed E-state index contributed by atoms with van der Waals surface area (Å²) < 4.78 is 40.0. The van der Waals surface area contributed by atoms with Gasteiger partial charge in [-0.2, -0.15) is 18.3 Å². The second-order valence-corrected chi connectivity index (χ2v) is 8.71. The van der Waals surface area contributed by atoms with Gasteiger partial charge in [0.15, 0.2) is 5.82 Å². The number of aromatic nitrogens is 3. The zero-order valence-corrected chi connectivity index (χ0v) is 19.6. The van der Waals surface area contributed by atoms with Crippen molar-refractivity contribution in [2.24, 2.45) is 0 Å². The van der Waals surface area contributed by atoms with Crippen molar-refractivity contribution in [3.05, 3.63) is 70.7 Å². The van der Waals surface area contributed by atoms with Crippen molar-refractivity contribution in [3.8, 4) is 5.82 Å². The number of alkyl halides is 3. The van der Waals surface area contributed by atoms with E-state index < -0.39 is 11.7 Å². The smallest absolute Gasteiger partial charge is 0.371 e. The molecule has 1 aliphatic rings. The largest absolute Gasteiger partial charge is 0.417 e. The number of aryl methyl sites for hydroxylation is 1. The number of hydrogen-bond acceptors (Lipinski definition) is 4. The van der Waals surface area contributed by atoms with Crippen LogP contribution in [-0.2, 0) is 23.9 Å². The Kier molecular flexibility index (Phi) is 6.63. The average molecular weight is 472 g/mol. The zero-order valence-electron chi connectivity index (χ0n) is 19.6. The molecule has 1 saturated heterocycles. The molecule has 0 radical (unpaired) electrons.